The molecule has 0 unspecified atom stereocenters. The van der Waals surface area contributed by atoms with Crippen LogP contribution in [0.15, 0.2) is 18.2 Å². The van der Waals surface area contributed by atoms with Gasteiger partial charge in [0.05, 0.1) is 11.4 Å². The van der Waals surface area contributed by atoms with Gasteiger partial charge in [-0.1, -0.05) is 13.8 Å². The number of benzene rings is 1. The number of amides is 1. The highest BCUT2D eigenvalue weighted by Gasteiger charge is 2.26. The Morgan fingerprint density at radius 1 is 1.48 bits per heavy atom. The number of nitrogens with zero attached hydrogens (tertiary/aromatic N) is 1. The lowest BCUT2D eigenvalue weighted by Gasteiger charge is -2.37. The second-order valence-corrected chi connectivity index (χ2v) is 6.57. The maximum atomic E-state index is 12.9. The Labute approximate surface area is 125 Å². The quantitative estimate of drug-likeness (QED) is 0.839. The highest BCUT2D eigenvalue weighted by molar-refractivity contribution is 5.93. The summed E-state index contributed by atoms with van der Waals surface area (Å²) in [6.45, 7) is 7.35. The van der Waals surface area contributed by atoms with Gasteiger partial charge in [-0.15, -0.1) is 0 Å². The van der Waals surface area contributed by atoms with Crippen molar-refractivity contribution in [3.8, 4) is 0 Å². The smallest absolute Gasteiger partial charge is 0.225 e. The van der Waals surface area contributed by atoms with Crippen LogP contribution in [0.4, 0.5) is 15.8 Å². The summed E-state index contributed by atoms with van der Waals surface area (Å²) < 4.78 is 12.9. The van der Waals surface area contributed by atoms with Gasteiger partial charge in [-0.05, 0) is 43.0 Å². The Bertz CT molecular complexity index is 516. The fraction of sp³-hybridized carbons (Fsp3) is 0.562. The molecule has 1 aromatic rings. The molecule has 1 aliphatic rings. The molecule has 1 amide bonds. The lowest BCUT2D eigenvalue weighted by atomic mass is 9.84. The van der Waals surface area contributed by atoms with Crippen molar-refractivity contribution >= 4 is 17.3 Å². The second-order valence-electron chi connectivity index (χ2n) is 6.57. The lowest BCUT2D eigenvalue weighted by Crippen LogP contribution is -2.41. The molecule has 0 saturated carbocycles. The SMILES string of the molecule is CC1(C)CCCN(CCC(=O)Nc2ccc(F)cc2N)C1. The van der Waals surface area contributed by atoms with E-state index < -0.39 is 5.82 Å². The van der Waals surface area contributed by atoms with Crippen molar-refractivity contribution in [2.45, 2.75) is 33.1 Å². The van der Waals surface area contributed by atoms with Gasteiger partial charge < -0.3 is 16.0 Å². The van der Waals surface area contributed by atoms with Crippen molar-refractivity contribution in [1.82, 2.24) is 4.90 Å². The summed E-state index contributed by atoms with van der Waals surface area (Å²) in [6.07, 6.45) is 2.84. The Balaban J connectivity index is 1.82. The van der Waals surface area contributed by atoms with Crippen LogP contribution in [0.2, 0.25) is 0 Å². The molecule has 0 spiro atoms. The number of rotatable bonds is 4. The summed E-state index contributed by atoms with van der Waals surface area (Å²) in [6, 6.07) is 3.99. The van der Waals surface area contributed by atoms with Crippen LogP contribution < -0.4 is 11.1 Å². The van der Waals surface area contributed by atoms with E-state index in [4.69, 9.17) is 5.73 Å². The lowest BCUT2D eigenvalue weighted by molar-refractivity contribution is -0.116. The van der Waals surface area contributed by atoms with Crippen molar-refractivity contribution in [2.75, 3.05) is 30.7 Å². The van der Waals surface area contributed by atoms with E-state index in [2.05, 4.69) is 24.1 Å². The third-order valence-electron chi connectivity index (χ3n) is 3.92. The predicted molar refractivity (Wildman–Crippen MR) is 83.5 cm³/mol. The van der Waals surface area contributed by atoms with Gasteiger partial charge in [0.15, 0.2) is 0 Å². The number of likely N-dealkylation sites (tertiary alicyclic amines) is 1. The Hall–Kier alpha value is -1.62. The van der Waals surface area contributed by atoms with Gasteiger partial charge in [0.25, 0.3) is 0 Å². The van der Waals surface area contributed by atoms with Gasteiger partial charge in [-0.25, -0.2) is 4.39 Å². The van der Waals surface area contributed by atoms with Gasteiger partial charge >= 0.3 is 0 Å². The van der Waals surface area contributed by atoms with Gasteiger partial charge in [-0.3, -0.25) is 4.79 Å². The Kier molecular flexibility index (Phi) is 4.83. The number of nitrogens with one attached hydrogen (secondary N) is 1. The van der Waals surface area contributed by atoms with Crippen LogP contribution in [-0.2, 0) is 4.79 Å². The number of hydrogen-bond acceptors (Lipinski definition) is 3. The molecular formula is C16H24FN3O. The first-order valence-electron chi connectivity index (χ1n) is 7.43. The van der Waals surface area contributed by atoms with Gasteiger partial charge in [0.1, 0.15) is 5.82 Å². The predicted octanol–water partition coefficient (Wildman–Crippen LogP) is 2.86. The number of nitrogen functional groups attached to an aromatic ring is 1. The second kappa shape index (κ2) is 6.43. The van der Waals surface area contributed by atoms with Crippen molar-refractivity contribution in [1.29, 1.82) is 0 Å². The van der Waals surface area contributed by atoms with Crippen LogP contribution in [0.5, 0.6) is 0 Å². The molecule has 1 aliphatic heterocycles. The van der Waals surface area contributed by atoms with E-state index in [1.54, 1.807) is 0 Å². The van der Waals surface area contributed by atoms with Gasteiger partial charge in [0.2, 0.25) is 5.91 Å². The standard InChI is InChI=1S/C16H24FN3O/c1-16(2)7-3-8-20(11-16)9-6-15(21)19-14-5-4-12(17)10-13(14)18/h4-5,10H,3,6-9,11,18H2,1-2H3,(H,19,21). The van der Waals surface area contributed by atoms with Crippen LogP contribution in [0, 0.1) is 11.2 Å². The number of halogens is 1. The number of anilines is 2. The summed E-state index contributed by atoms with van der Waals surface area (Å²) in [4.78, 5) is 14.3. The van der Waals surface area contributed by atoms with E-state index >= 15 is 0 Å². The molecule has 0 aliphatic carbocycles. The van der Waals surface area contributed by atoms with E-state index in [-0.39, 0.29) is 11.6 Å². The fourth-order valence-electron chi connectivity index (χ4n) is 2.86. The average Bonchev–Trinajstić information content (AvgIpc) is 2.39. The normalized spacial score (nSPS) is 18.4. The van der Waals surface area contributed by atoms with Crippen molar-refractivity contribution in [3.63, 3.8) is 0 Å². The first kappa shape index (κ1) is 15.8. The number of carbonyl (C=O) groups is 1. The summed E-state index contributed by atoms with van der Waals surface area (Å²) in [5.74, 6) is -0.488. The number of hydrogen-bond donors (Lipinski definition) is 2. The first-order chi connectivity index (χ1) is 9.85. The van der Waals surface area contributed by atoms with E-state index in [0.29, 0.717) is 17.5 Å². The molecule has 5 heteroatoms. The van der Waals surface area contributed by atoms with Crippen LogP contribution in [0.1, 0.15) is 33.1 Å². The highest BCUT2D eigenvalue weighted by atomic mass is 19.1. The largest absolute Gasteiger partial charge is 0.397 e. The minimum atomic E-state index is -0.402. The zero-order valence-electron chi connectivity index (χ0n) is 12.8. The maximum absolute atomic E-state index is 12.9. The summed E-state index contributed by atoms with van der Waals surface area (Å²) in [5, 5.41) is 2.74. The molecule has 0 aromatic heterocycles. The zero-order valence-corrected chi connectivity index (χ0v) is 12.8. The molecular weight excluding hydrogens is 269 g/mol. The molecule has 21 heavy (non-hydrogen) atoms. The van der Waals surface area contributed by atoms with E-state index in [1.807, 2.05) is 0 Å². The van der Waals surface area contributed by atoms with Gasteiger partial charge in [0, 0.05) is 19.5 Å². The summed E-state index contributed by atoms with van der Waals surface area (Å²) >= 11 is 0. The van der Waals surface area contributed by atoms with Crippen LogP contribution >= 0.6 is 0 Å². The minimum Gasteiger partial charge on any atom is -0.397 e. The maximum Gasteiger partial charge on any atom is 0.225 e. The molecule has 1 saturated heterocycles. The van der Waals surface area contributed by atoms with Crippen molar-refractivity contribution in [3.05, 3.63) is 24.0 Å². The third-order valence-corrected chi connectivity index (χ3v) is 3.92. The van der Waals surface area contributed by atoms with Crippen LogP contribution in [-0.4, -0.2) is 30.4 Å². The highest BCUT2D eigenvalue weighted by Crippen LogP contribution is 2.28. The van der Waals surface area contributed by atoms with E-state index in [1.165, 1.54) is 31.0 Å². The average molecular weight is 293 g/mol. The third kappa shape index (κ3) is 4.70. The summed E-state index contributed by atoms with van der Waals surface area (Å²) in [7, 11) is 0. The molecule has 0 atom stereocenters. The molecule has 4 nitrogen and oxygen atoms in total. The first-order valence-corrected chi connectivity index (χ1v) is 7.43. The molecule has 0 bridgehead atoms. The van der Waals surface area contributed by atoms with Gasteiger partial charge in [-0.2, -0.15) is 0 Å². The molecule has 1 heterocycles. The molecule has 0 radical (unpaired) electrons. The number of piperidine rings is 1. The minimum absolute atomic E-state index is 0.0864. The molecule has 116 valence electrons. The van der Waals surface area contributed by atoms with E-state index in [9.17, 15) is 9.18 Å². The van der Waals surface area contributed by atoms with Crippen molar-refractivity contribution < 1.29 is 9.18 Å². The Morgan fingerprint density at radius 3 is 2.90 bits per heavy atom. The van der Waals surface area contributed by atoms with Crippen LogP contribution in [0.25, 0.3) is 0 Å². The summed E-state index contributed by atoms with van der Waals surface area (Å²) in [5.41, 5.74) is 6.73. The molecule has 3 N–H and O–H groups in total. The topological polar surface area (TPSA) is 58.4 Å². The van der Waals surface area contributed by atoms with E-state index in [0.717, 1.165) is 19.6 Å². The zero-order chi connectivity index (χ0) is 15.5. The molecule has 1 aromatic carbocycles. The molecule has 2 rings (SSSR count). The monoisotopic (exact) mass is 293 g/mol. The van der Waals surface area contributed by atoms with Crippen LogP contribution in [0.3, 0.4) is 0 Å². The van der Waals surface area contributed by atoms with Crippen molar-refractivity contribution in [2.24, 2.45) is 5.41 Å². The fourth-order valence-corrected chi connectivity index (χ4v) is 2.86. The Morgan fingerprint density at radius 2 is 2.24 bits per heavy atom. The molecule has 1 fully saturated rings. The number of nitrogens with two attached hydrogens (primary N) is 1. The number of carbonyl (C=O) groups excluding carboxylic acids is 1.